The normalized spacial score (nSPS) is 16.9. The molecule has 1 aliphatic heterocycles. The molecule has 0 aliphatic carbocycles. The molecule has 3 aromatic heterocycles. The highest BCUT2D eigenvalue weighted by Crippen LogP contribution is 2.43. The number of carbonyl (C=O) groups is 1. The fourth-order valence-corrected chi connectivity index (χ4v) is 3.61. The lowest BCUT2D eigenvalue weighted by atomic mass is 10.0. The van der Waals surface area contributed by atoms with E-state index in [1.165, 1.54) is 18.5 Å². The number of amides is 1. The Balaban J connectivity index is 0.00000256. The van der Waals surface area contributed by atoms with Gasteiger partial charge in [-0.25, -0.2) is 4.98 Å². The third-order valence-electron chi connectivity index (χ3n) is 4.90. The zero-order valence-electron chi connectivity index (χ0n) is 15.7. The number of hydrogen-bond donors (Lipinski definition) is 3. The van der Waals surface area contributed by atoms with Crippen LogP contribution in [-0.2, 0) is 6.18 Å². The smallest absolute Gasteiger partial charge is 0.369 e. The van der Waals surface area contributed by atoms with Gasteiger partial charge >= 0.3 is 6.18 Å². The molecule has 0 aromatic carbocycles. The van der Waals surface area contributed by atoms with E-state index in [1.807, 2.05) is 0 Å². The molecule has 0 radical (unpaired) electrons. The summed E-state index contributed by atoms with van der Waals surface area (Å²) >= 11 is 0. The Kier molecular flexibility index (Phi) is 6.18. The van der Waals surface area contributed by atoms with Gasteiger partial charge in [-0.15, -0.1) is 12.4 Å². The summed E-state index contributed by atoms with van der Waals surface area (Å²) in [6, 6.07) is 4.62. The Bertz CT molecular complexity index is 1040. The van der Waals surface area contributed by atoms with Crippen molar-refractivity contribution in [2.45, 2.75) is 25.1 Å². The Hall–Kier alpha value is -2.85. The number of piperidine rings is 1. The number of nitrogens with one attached hydrogen (secondary N) is 2. The van der Waals surface area contributed by atoms with Gasteiger partial charge in [0, 0.05) is 37.7 Å². The van der Waals surface area contributed by atoms with Gasteiger partial charge in [0.05, 0.1) is 22.3 Å². The molecule has 4 N–H and O–H groups in total. The summed E-state index contributed by atoms with van der Waals surface area (Å²) in [4.78, 5) is 24.9. The Labute approximate surface area is 176 Å². The molecular formula is C19H20ClF3N6O. The van der Waals surface area contributed by atoms with Crippen molar-refractivity contribution < 1.29 is 18.0 Å². The highest BCUT2D eigenvalue weighted by atomic mass is 35.5. The van der Waals surface area contributed by atoms with Gasteiger partial charge in [0.15, 0.2) is 0 Å². The molecule has 1 aliphatic rings. The highest BCUT2D eigenvalue weighted by Gasteiger charge is 2.38. The largest absolute Gasteiger partial charge is 0.419 e. The Morgan fingerprint density at radius 1 is 1.30 bits per heavy atom. The van der Waals surface area contributed by atoms with Crippen molar-refractivity contribution in [1.82, 2.24) is 15.0 Å². The molecule has 1 atom stereocenters. The number of nitrogens with zero attached hydrogens (tertiary/aromatic N) is 3. The summed E-state index contributed by atoms with van der Waals surface area (Å²) in [5, 5.41) is 2.86. The molecule has 4 rings (SSSR count). The van der Waals surface area contributed by atoms with E-state index in [0.29, 0.717) is 19.5 Å². The topological polar surface area (TPSA) is 99.9 Å². The van der Waals surface area contributed by atoms with Crippen LogP contribution in [0.2, 0.25) is 0 Å². The number of aromatic amines is 1. The molecule has 1 saturated heterocycles. The van der Waals surface area contributed by atoms with Gasteiger partial charge in [0.25, 0.3) is 5.91 Å². The van der Waals surface area contributed by atoms with Crippen molar-refractivity contribution in [2.24, 2.45) is 5.73 Å². The fourth-order valence-electron chi connectivity index (χ4n) is 3.61. The molecule has 30 heavy (non-hydrogen) atoms. The lowest BCUT2D eigenvalue weighted by Gasteiger charge is -2.34. The van der Waals surface area contributed by atoms with Crippen LogP contribution in [0.1, 0.15) is 28.9 Å². The maximum atomic E-state index is 13.8. The minimum absolute atomic E-state index is 0. The van der Waals surface area contributed by atoms with E-state index in [-0.39, 0.29) is 46.6 Å². The zero-order chi connectivity index (χ0) is 20.6. The van der Waals surface area contributed by atoms with Crippen molar-refractivity contribution in [1.29, 1.82) is 0 Å². The monoisotopic (exact) mass is 440 g/mol. The Morgan fingerprint density at radius 3 is 2.77 bits per heavy atom. The first kappa shape index (κ1) is 21.8. The van der Waals surface area contributed by atoms with Crippen molar-refractivity contribution in [3.63, 3.8) is 0 Å². The number of carbonyl (C=O) groups excluding carboxylic acids is 1. The van der Waals surface area contributed by atoms with Gasteiger partial charge < -0.3 is 20.9 Å². The standard InChI is InChI=1S/C19H19F3N6O.ClH/c20-19(21,22)12-8-25-17-15(16(12)28-7-3-4-11(23)10-28)14(9-26-17)27-18(29)13-5-1-2-6-24-13;/h1-2,5-6,8-9,11H,3-4,7,10,23H2,(H,25,26)(H,27,29);1H/t11-;/m1./s1. The van der Waals surface area contributed by atoms with E-state index in [1.54, 1.807) is 17.0 Å². The minimum atomic E-state index is -4.60. The first-order valence-corrected chi connectivity index (χ1v) is 9.15. The van der Waals surface area contributed by atoms with Crippen LogP contribution in [0.15, 0.2) is 36.8 Å². The molecule has 1 fully saturated rings. The zero-order valence-corrected chi connectivity index (χ0v) is 16.6. The summed E-state index contributed by atoms with van der Waals surface area (Å²) in [6.45, 7) is 0.732. The minimum Gasteiger partial charge on any atom is -0.369 e. The van der Waals surface area contributed by atoms with Gasteiger partial charge in [-0.2, -0.15) is 13.2 Å². The molecule has 0 unspecified atom stereocenters. The average molecular weight is 441 g/mol. The van der Waals surface area contributed by atoms with Crippen LogP contribution >= 0.6 is 12.4 Å². The second-order valence-electron chi connectivity index (χ2n) is 6.96. The number of anilines is 2. The number of hydrogen-bond acceptors (Lipinski definition) is 5. The van der Waals surface area contributed by atoms with E-state index < -0.39 is 17.6 Å². The van der Waals surface area contributed by atoms with Gasteiger partial charge in [-0.05, 0) is 25.0 Å². The molecule has 0 spiro atoms. The predicted molar refractivity (Wildman–Crippen MR) is 110 cm³/mol. The van der Waals surface area contributed by atoms with Crippen molar-refractivity contribution in [3.8, 4) is 0 Å². The highest BCUT2D eigenvalue weighted by molar-refractivity contribution is 6.11. The quantitative estimate of drug-likeness (QED) is 0.578. The number of rotatable bonds is 3. The molecule has 7 nitrogen and oxygen atoms in total. The Morgan fingerprint density at radius 2 is 2.10 bits per heavy atom. The van der Waals surface area contributed by atoms with Gasteiger partial charge in [-0.1, -0.05) is 6.07 Å². The van der Waals surface area contributed by atoms with E-state index in [9.17, 15) is 18.0 Å². The van der Waals surface area contributed by atoms with E-state index in [2.05, 4.69) is 20.3 Å². The summed E-state index contributed by atoms with van der Waals surface area (Å²) in [6.07, 6.45) is 0.557. The third-order valence-corrected chi connectivity index (χ3v) is 4.90. The van der Waals surface area contributed by atoms with Gasteiger partial charge in [-0.3, -0.25) is 9.78 Å². The average Bonchev–Trinajstić information content (AvgIpc) is 3.10. The van der Waals surface area contributed by atoms with Crippen LogP contribution < -0.4 is 16.0 Å². The molecule has 3 aromatic rings. The van der Waals surface area contributed by atoms with E-state index in [0.717, 1.165) is 12.6 Å². The van der Waals surface area contributed by atoms with Crippen LogP contribution in [0, 0.1) is 0 Å². The van der Waals surface area contributed by atoms with Crippen LogP contribution in [-0.4, -0.2) is 40.0 Å². The van der Waals surface area contributed by atoms with Gasteiger partial charge in [0.1, 0.15) is 11.3 Å². The number of fused-ring (bicyclic) bond motifs is 1. The number of halogens is 4. The number of pyridine rings is 2. The summed E-state index contributed by atoms with van der Waals surface area (Å²) in [7, 11) is 0. The molecule has 1 amide bonds. The number of nitrogens with two attached hydrogens (primary N) is 1. The maximum absolute atomic E-state index is 13.8. The van der Waals surface area contributed by atoms with Crippen LogP contribution in [0.3, 0.4) is 0 Å². The second kappa shape index (κ2) is 8.49. The molecule has 160 valence electrons. The summed E-state index contributed by atoms with van der Waals surface area (Å²) in [5.74, 6) is -0.523. The van der Waals surface area contributed by atoms with Gasteiger partial charge in [0.2, 0.25) is 0 Å². The van der Waals surface area contributed by atoms with Crippen LogP contribution in [0.25, 0.3) is 11.0 Å². The summed E-state index contributed by atoms with van der Waals surface area (Å²) < 4.78 is 41.4. The van der Waals surface area contributed by atoms with Crippen molar-refractivity contribution in [2.75, 3.05) is 23.3 Å². The second-order valence-corrected chi connectivity index (χ2v) is 6.96. The molecule has 0 bridgehead atoms. The number of H-pyrrole nitrogens is 1. The van der Waals surface area contributed by atoms with Crippen molar-refractivity contribution in [3.05, 3.63) is 48.0 Å². The molecular weight excluding hydrogens is 421 g/mol. The molecule has 0 saturated carbocycles. The SMILES string of the molecule is Cl.N[C@@H]1CCCN(c2c(C(F)(F)F)cnc3[nH]cc(NC(=O)c4ccccn4)c23)C1. The first-order valence-electron chi connectivity index (χ1n) is 9.15. The third kappa shape index (κ3) is 4.19. The van der Waals surface area contributed by atoms with Crippen molar-refractivity contribution >= 4 is 40.7 Å². The lowest BCUT2D eigenvalue weighted by Crippen LogP contribution is -2.43. The molecule has 11 heteroatoms. The number of alkyl halides is 3. The summed E-state index contributed by atoms with van der Waals surface area (Å²) in [5.41, 5.74) is 5.76. The maximum Gasteiger partial charge on any atom is 0.419 e. The van der Waals surface area contributed by atoms with E-state index >= 15 is 0 Å². The predicted octanol–water partition coefficient (Wildman–Crippen LogP) is 3.58. The van der Waals surface area contributed by atoms with Crippen LogP contribution in [0.4, 0.5) is 24.5 Å². The lowest BCUT2D eigenvalue weighted by molar-refractivity contribution is -0.137. The fraction of sp³-hybridized carbons (Fsp3) is 0.316. The molecule has 4 heterocycles. The number of aromatic nitrogens is 3. The van der Waals surface area contributed by atoms with Crippen LogP contribution in [0.5, 0.6) is 0 Å². The first-order chi connectivity index (χ1) is 13.8. The van der Waals surface area contributed by atoms with E-state index in [4.69, 9.17) is 5.73 Å².